The van der Waals surface area contributed by atoms with Gasteiger partial charge in [-0.15, -0.1) is 12.4 Å². The van der Waals surface area contributed by atoms with Crippen molar-refractivity contribution in [2.75, 3.05) is 12.4 Å². The minimum absolute atomic E-state index is 0. The molecular formula is C11H16ClFN2O2. The Morgan fingerprint density at radius 1 is 1.59 bits per heavy atom. The average Bonchev–Trinajstić information content (AvgIpc) is 2.20. The Hall–Kier alpha value is -1.33. The molecule has 1 aromatic rings. The van der Waals surface area contributed by atoms with Crippen molar-refractivity contribution in [3.63, 3.8) is 0 Å². The lowest BCUT2D eigenvalue weighted by atomic mass is 10.2. The lowest BCUT2D eigenvalue weighted by Crippen LogP contribution is -2.24. The Labute approximate surface area is 106 Å². The molecule has 0 aromatic heterocycles. The maximum Gasteiger partial charge on any atom is 0.226 e. The van der Waals surface area contributed by atoms with E-state index in [1.807, 2.05) is 0 Å². The standard InChI is InChI=1S/C11H15FN2O2.ClH/c1-7(13)5-11(15)14-10-6-8(16-2)3-4-9(10)12;/h3-4,6-7H,5,13H2,1-2H3,(H,14,15);1H. The van der Waals surface area contributed by atoms with Gasteiger partial charge < -0.3 is 15.8 Å². The quantitative estimate of drug-likeness (QED) is 0.872. The van der Waals surface area contributed by atoms with Crippen LogP contribution in [0.25, 0.3) is 0 Å². The van der Waals surface area contributed by atoms with Gasteiger partial charge in [0.2, 0.25) is 5.91 Å². The lowest BCUT2D eigenvalue weighted by Gasteiger charge is -2.09. The Balaban J connectivity index is 0.00000256. The predicted octanol–water partition coefficient (Wildman–Crippen LogP) is 1.93. The van der Waals surface area contributed by atoms with Gasteiger partial charge in [0.1, 0.15) is 11.6 Å². The summed E-state index contributed by atoms with van der Waals surface area (Å²) in [5.74, 6) is -0.335. The van der Waals surface area contributed by atoms with E-state index in [0.29, 0.717) is 5.75 Å². The van der Waals surface area contributed by atoms with Crippen LogP contribution in [0.5, 0.6) is 5.75 Å². The van der Waals surface area contributed by atoms with E-state index in [-0.39, 0.29) is 36.5 Å². The van der Waals surface area contributed by atoms with Gasteiger partial charge in [0, 0.05) is 18.5 Å². The normalized spacial score (nSPS) is 11.3. The molecule has 3 N–H and O–H groups in total. The van der Waals surface area contributed by atoms with Gasteiger partial charge in [0.25, 0.3) is 0 Å². The predicted molar refractivity (Wildman–Crippen MR) is 67.1 cm³/mol. The number of carbonyl (C=O) groups is 1. The van der Waals surface area contributed by atoms with E-state index >= 15 is 0 Å². The van der Waals surface area contributed by atoms with Crippen molar-refractivity contribution in [1.29, 1.82) is 0 Å². The number of nitrogens with one attached hydrogen (secondary N) is 1. The van der Waals surface area contributed by atoms with E-state index in [9.17, 15) is 9.18 Å². The molecule has 1 atom stereocenters. The number of benzene rings is 1. The first-order valence-electron chi connectivity index (χ1n) is 4.92. The van der Waals surface area contributed by atoms with Crippen LogP contribution in [-0.4, -0.2) is 19.1 Å². The zero-order chi connectivity index (χ0) is 12.1. The number of methoxy groups -OCH3 is 1. The van der Waals surface area contributed by atoms with Gasteiger partial charge in [-0.1, -0.05) is 0 Å². The van der Waals surface area contributed by atoms with Crippen LogP contribution >= 0.6 is 12.4 Å². The molecule has 1 unspecified atom stereocenters. The second-order valence-electron chi connectivity index (χ2n) is 3.58. The molecular weight excluding hydrogens is 247 g/mol. The summed E-state index contributed by atoms with van der Waals surface area (Å²) in [7, 11) is 1.47. The van der Waals surface area contributed by atoms with Crippen molar-refractivity contribution in [2.45, 2.75) is 19.4 Å². The summed E-state index contributed by atoms with van der Waals surface area (Å²) < 4.78 is 18.2. The summed E-state index contributed by atoms with van der Waals surface area (Å²) in [6.45, 7) is 1.71. The molecule has 96 valence electrons. The molecule has 0 aliphatic rings. The van der Waals surface area contributed by atoms with Crippen LogP contribution < -0.4 is 15.8 Å². The highest BCUT2D eigenvalue weighted by molar-refractivity contribution is 5.91. The highest BCUT2D eigenvalue weighted by atomic mass is 35.5. The van der Waals surface area contributed by atoms with Crippen molar-refractivity contribution in [3.8, 4) is 5.75 Å². The third-order valence-corrected chi connectivity index (χ3v) is 1.95. The first kappa shape index (κ1) is 15.7. The summed E-state index contributed by atoms with van der Waals surface area (Å²) in [6.07, 6.45) is 0.149. The molecule has 0 spiro atoms. The van der Waals surface area contributed by atoms with Gasteiger partial charge in [-0.25, -0.2) is 4.39 Å². The highest BCUT2D eigenvalue weighted by Gasteiger charge is 2.09. The Bertz CT molecular complexity index is 386. The monoisotopic (exact) mass is 262 g/mol. The number of rotatable bonds is 4. The van der Waals surface area contributed by atoms with E-state index in [1.54, 1.807) is 6.92 Å². The summed E-state index contributed by atoms with van der Waals surface area (Å²) in [6, 6.07) is 3.89. The number of anilines is 1. The molecule has 0 heterocycles. The van der Waals surface area contributed by atoms with E-state index in [2.05, 4.69) is 5.32 Å². The number of hydrogen-bond donors (Lipinski definition) is 2. The number of halogens is 2. The minimum atomic E-state index is -0.501. The summed E-state index contributed by atoms with van der Waals surface area (Å²) >= 11 is 0. The van der Waals surface area contributed by atoms with Crippen molar-refractivity contribution < 1.29 is 13.9 Å². The van der Waals surface area contributed by atoms with E-state index in [4.69, 9.17) is 10.5 Å². The fraction of sp³-hybridized carbons (Fsp3) is 0.364. The molecule has 4 nitrogen and oxygen atoms in total. The van der Waals surface area contributed by atoms with Crippen LogP contribution in [0.15, 0.2) is 18.2 Å². The number of amides is 1. The smallest absolute Gasteiger partial charge is 0.226 e. The van der Waals surface area contributed by atoms with Crippen LogP contribution in [0.4, 0.5) is 10.1 Å². The molecule has 1 aromatic carbocycles. The molecule has 6 heteroatoms. The fourth-order valence-electron chi connectivity index (χ4n) is 1.22. The van der Waals surface area contributed by atoms with E-state index in [1.165, 1.54) is 25.3 Å². The first-order valence-corrected chi connectivity index (χ1v) is 4.92. The number of nitrogens with two attached hydrogens (primary N) is 1. The van der Waals surface area contributed by atoms with Gasteiger partial charge in [0.15, 0.2) is 0 Å². The molecule has 0 fully saturated rings. The molecule has 0 aliphatic heterocycles. The van der Waals surface area contributed by atoms with Gasteiger partial charge in [0.05, 0.1) is 12.8 Å². The average molecular weight is 263 g/mol. The van der Waals surface area contributed by atoms with E-state index in [0.717, 1.165) is 0 Å². The largest absolute Gasteiger partial charge is 0.497 e. The van der Waals surface area contributed by atoms with Crippen LogP contribution in [0.2, 0.25) is 0 Å². The third-order valence-electron chi connectivity index (χ3n) is 1.95. The van der Waals surface area contributed by atoms with Crippen LogP contribution in [0, 0.1) is 5.82 Å². The Morgan fingerprint density at radius 3 is 2.76 bits per heavy atom. The van der Waals surface area contributed by atoms with Crippen molar-refractivity contribution >= 4 is 24.0 Å². The summed E-state index contributed by atoms with van der Waals surface area (Å²) in [5, 5.41) is 2.44. The highest BCUT2D eigenvalue weighted by Crippen LogP contribution is 2.21. The molecule has 0 saturated carbocycles. The Morgan fingerprint density at radius 2 is 2.24 bits per heavy atom. The lowest BCUT2D eigenvalue weighted by molar-refractivity contribution is -0.116. The second-order valence-corrected chi connectivity index (χ2v) is 3.58. The van der Waals surface area contributed by atoms with Gasteiger partial charge >= 0.3 is 0 Å². The number of ether oxygens (including phenoxy) is 1. The molecule has 0 radical (unpaired) electrons. The van der Waals surface area contributed by atoms with Crippen LogP contribution in [0.3, 0.4) is 0 Å². The maximum absolute atomic E-state index is 13.3. The zero-order valence-electron chi connectivity index (χ0n) is 9.70. The van der Waals surface area contributed by atoms with Gasteiger partial charge in [-0.05, 0) is 19.1 Å². The van der Waals surface area contributed by atoms with Crippen molar-refractivity contribution in [2.24, 2.45) is 5.73 Å². The van der Waals surface area contributed by atoms with Crippen molar-refractivity contribution in [1.82, 2.24) is 0 Å². The topological polar surface area (TPSA) is 64.3 Å². The molecule has 1 rings (SSSR count). The molecule has 17 heavy (non-hydrogen) atoms. The SMILES string of the molecule is COc1ccc(F)c(NC(=O)CC(C)N)c1.Cl. The van der Waals surface area contributed by atoms with E-state index < -0.39 is 5.82 Å². The third kappa shape index (κ3) is 5.01. The summed E-state index contributed by atoms with van der Waals surface area (Å²) in [5.41, 5.74) is 5.56. The fourth-order valence-corrected chi connectivity index (χ4v) is 1.22. The van der Waals surface area contributed by atoms with Gasteiger partial charge in [-0.2, -0.15) is 0 Å². The Kier molecular flexibility index (Phi) is 6.53. The number of hydrogen-bond acceptors (Lipinski definition) is 3. The van der Waals surface area contributed by atoms with Crippen LogP contribution in [-0.2, 0) is 4.79 Å². The molecule has 0 bridgehead atoms. The zero-order valence-corrected chi connectivity index (χ0v) is 10.5. The molecule has 0 saturated heterocycles. The van der Waals surface area contributed by atoms with Crippen molar-refractivity contribution in [3.05, 3.63) is 24.0 Å². The van der Waals surface area contributed by atoms with Gasteiger partial charge in [-0.3, -0.25) is 4.79 Å². The maximum atomic E-state index is 13.3. The first-order chi connectivity index (χ1) is 7.52. The molecule has 0 aliphatic carbocycles. The minimum Gasteiger partial charge on any atom is -0.497 e. The second kappa shape index (κ2) is 7.09. The number of carbonyl (C=O) groups excluding carboxylic acids is 1. The molecule has 1 amide bonds. The summed E-state index contributed by atoms with van der Waals surface area (Å²) in [4.78, 5) is 11.4. The van der Waals surface area contributed by atoms with Crippen LogP contribution in [0.1, 0.15) is 13.3 Å².